The van der Waals surface area contributed by atoms with Gasteiger partial charge in [0, 0.05) is 5.75 Å². The minimum atomic E-state index is -3.02. The highest BCUT2D eigenvalue weighted by molar-refractivity contribution is 9.10. The van der Waals surface area contributed by atoms with Crippen molar-refractivity contribution in [2.24, 2.45) is 0 Å². The summed E-state index contributed by atoms with van der Waals surface area (Å²) in [6.45, 7) is 1.74. The Kier molecular flexibility index (Phi) is 5.81. The summed E-state index contributed by atoms with van der Waals surface area (Å²) >= 11 is 3.21. The van der Waals surface area contributed by atoms with Crippen LogP contribution in [0.3, 0.4) is 0 Å². The smallest absolute Gasteiger partial charge is 0.339 e. The Morgan fingerprint density at radius 3 is 2.68 bits per heavy atom. The van der Waals surface area contributed by atoms with E-state index in [2.05, 4.69) is 15.9 Å². The van der Waals surface area contributed by atoms with Crippen molar-refractivity contribution in [2.45, 2.75) is 13.3 Å². The van der Waals surface area contributed by atoms with E-state index >= 15 is 0 Å². The van der Waals surface area contributed by atoms with Crippen molar-refractivity contribution in [3.8, 4) is 5.75 Å². The molecule has 0 heterocycles. The molecule has 0 aromatic heterocycles. The van der Waals surface area contributed by atoms with E-state index < -0.39 is 15.8 Å². The van der Waals surface area contributed by atoms with Gasteiger partial charge in [0.2, 0.25) is 0 Å². The molecule has 0 aliphatic heterocycles. The number of carboxylic acids is 1. The molecule has 1 aromatic carbocycles. The predicted molar refractivity (Wildman–Crippen MR) is 75.5 cm³/mol. The first-order chi connectivity index (χ1) is 8.87. The Balaban J connectivity index is 2.66. The number of aromatic carboxylic acids is 1. The van der Waals surface area contributed by atoms with E-state index in [0.29, 0.717) is 10.9 Å². The summed E-state index contributed by atoms with van der Waals surface area (Å²) in [7, 11) is -3.02. The third-order valence-corrected chi connectivity index (χ3v) is 4.90. The quantitative estimate of drug-likeness (QED) is 0.763. The number of carbonyl (C=O) groups is 1. The molecule has 0 aliphatic rings. The monoisotopic (exact) mass is 350 g/mol. The number of rotatable bonds is 7. The summed E-state index contributed by atoms with van der Waals surface area (Å²) in [6, 6.07) is 4.71. The number of para-hydroxylation sites is 1. The molecule has 0 aliphatic carbocycles. The fourth-order valence-corrected chi connectivity index (χ4v) is 2.75. The van der Waals surface area contributed by atoms with E-state index in [1.807, 2.05) is 0 Å². The lowest BCUT2D eigenvalue weighted by molar-refractivity contribution is 0.0692. The van der Waals surface area contributed by atoms with Crippen molar-refractivity contribution in [1.29, 1.82) is 0 Å². The zero-order valence-corrected chi connectivity index (χ0v) is 12.8. The highest BCUT2D eigenvalue weighted by atomic mass is 79.9. The van der Waals surface area contributed by atoms with Crippen LogP contribution in [0, 0.1) is 0 Å². The van der Waals surface area contributed by atoms with Gasteiger partial charge in [0.1, 0.15) is 21.2 Å². The van der Waals surface area contributed by atoms with Gasteiger partial charge in [0.15, 0.2) is 0 Å². The van der Waals surface area contributed by atoms with E-state index in [0.717, 1.165) is 0 Å². The van der Waals surface area contributed by atoms with Gasteiger partial charge in [0.05, 0.1) is 16.8 Å². The molecule has 19 heavy (non-hydrogen) atoms. The Bertz CT molecular complexity index is 553. The number of halogens is 1. The first-order valence-electron chi connectivity index (χ1n) is 5.72. The second kappa shape index (κ2) is 6.91. The van der Waals surface area contributed by atoms with E-state index in [1.54, 1.807) is 19.1 Å². The standard InChI is InChI=1S/C12H15BrO5S/c1-2-19(16,17)8-4-7-18-11-9(12(14)15)5-3-6-10(11)13/h3,5-6H,2,4,7-8H2,1H3,(H,14,15). The van der Waals surface area contributed by atoms with Crippen LogP contribution in [-0.2, 0) is 9.84 Å². The van der Waals surface area contributed by atoms with Crippen molar-refractivity contribution in [3.63, 3.8) is 0 Å². The lowest BCUT2D eigenvalue weighted by Gasteiger charge is -2.10. The first-order valence-corrected chi connectivity index (χ1v) is 8.34. The highest BCUT2D eigenvalue weighted by Gasteiger charge is 2.14. The summed E-state index contributed by atoms with van der Waals surface area (Å²) in [5.74, 6) is -0.722. The average Bonchev–Trinajstić information content (AvgIpc) is 2.35. The van der Waals surface area contributed by atoms with Crippen LogP contribution in [0.15, 0.2) is 22.7 Å². The maximum atomic E-state index is 11.3. The van der Waals surface area contributed by atoms with E-state index in [4.69, 9.17) is 9.84 Å². The second-order valence-electron chi connectivity index (χ2n) is 3.86. The summed E-state index contributed by atoms with van der Waals surface area (Å²) in [6.07, 6.45) is 0.330. The van der Waals surface area contributed by atoms with Gasteiger partial charge in [-0.05, 0) is 34.5 Å². The third-order valence-electron chi connectivity index (χ3n) is 2.48. The Hall–Kier alpha value is -1.08. The van der Waals surface area contributed by atoms with Gasteiger partial charge in [-0.15, -0.1) is 0 Å². The van der Waals surface area contributed by atoms with E-state index in [1.165, 1.54) is 6.07 Å². The van der Waals surface area contributed by atoms with Crippen LogP contribution >= 0.6 is 15.9 Å². The van der Waals surface area contributed by atoms with Crippen LogP contribution in [0.5, 0.6) is 5.75 Å². The van der Waals surface area contributed by atoms with E-state index in [9.17, 15) is 13.2 Å². The third kappa shape index (κ3) is 4.83. The summed E-state index contributed by atoms with van der Waals surface area (Å²) in [4.78, 5) is 11.0. The summed E-state index contributed by atoms with van der Waals surface area (Å²) in [5, 5.41) is 9.02. The molecule has 0 fully saturated rings. The van der Waals surface area contributed by atoms with Gasteiger partial charge >= 0.3 is 5.97 Å². The molecule has 1 N–H and O–H groups in total. The van der Waals surface area contributed by atoms with Crippen molar-refractivity contribution in [3.05, 3.63) is 28.2 Å². The molecule has 0 amide bonds. The maximum Gasteiger partial charge on any atom is 0.339 e. The SMILES string of the molecule is CCS(=O)(=O)CCCOc1c(Br)cccc1C(=O)O. The Morgan fingerprint density at radius 2 is 2.11 bits per heavy atom. The van der Waals surface area contributed by atoms with Gasteiger partial charge in [-0.25, -0.2) is 13.2 Å². The first kappa shape index (κ1) is 16.0. The van der Waals surface area contributed by atoms with Crippen molar-refractivity contribution < 1.29 is 23.1 Å². The van der Waals surface area contributed by atoms with Crippen LogP contribution in [0.2, 0.25) is 0 Å². The molecular weight excluding hydrogens is 336 g/mol. The summed E-state index contributed by atoms with van der Waals surface area (Å²) in [5.41, 5.74) is 0.0488. The molecule has 0 bridgehead atoms. The summed E-state index contributed by atoms with van der Waals surface area (Å²) < 4.78 is 28.5. The highest BCUT2D eigenvalue weighted by Crippen LogP contribution is 2.29. The fourth-order valence-electron chi connectivity index (χ4n) is 1.42. The second-order valence-corrected chi connectivity index (χ2v) is 7.19. The lowest BCUT2D eigenvalue weighted by Crippen LogP contribution is -2.12. The topological polar surface area (TPSA) is 80.7 Å². The molecule has 7 heteroatoms. The van der Waals surface area contributed by atoms with Gasteiger partial charge in [0.25, 0.3) is 0 Å². The number of sulfone groups is 1. The molecule has 106 valence electrons. The Morgan fingerprint density at radius 1 is 1.42 bits per heavy atom. The number of benzene rings is 1. The number of carboxylic acid groups (broad SMARTS) is 1. The molecule has 0 unspecified atom stereocenters. The van der Waals surface area contributed by atoms with Crippen LogP contribution in [0.1, 0.15) is 23.7 Å². The molecule has 0 spiro atoms. The van der Waals surface area contributed by atoms with E-state index in [-0.39, 0.29) is 29.4 Å². The molecule has 5 nitrogen and oxygen atoms in total. The predicted octanol–water partition coefficient (Wildman–Crippen LogP) is 2.35. The van der Waals surface area contributed by atoms with Gasteiger partial charge in [-0.2, -0.15) is 0 Å². The normalized spacial score (nSPS) is 11.3. The van der Waals surface area contributed by atoms with Gasteiger partial charge in [-0.3, -0.25) is 0 Å². The molecule has 0 saturated heterocycles. The Labute approximate surface area is 120 Å². The van der Waals surface area contributed by atoms with Crippen LogP contribution in [0.25, 0.3) is 0 Å². The largest absolute Gasteiger partial charge is 0.491 e. The van der Waals surface area contributed by atoms with Crippen LogP contribution in [-0.4, -0.2) is 37.6 Å². The van der Waals surface area contributed by atoms with Crippen molar-refractivity contribution in [1.82, 2.24) is 0 Å². The molecule has 0 radical (unpaired) electrons. The molecule has 1 rings (SSSR count). The number of ether oxygens (including phenoxy) is 1. The number of hydrogen-bond donors (Lipinski definition) is 1. The zero-order valence-electron chi connectivity index (χ0n) is 10.4. The fraction of sp³-hybridized carbons (Fsp3) is 0.417. The number of hydrogen-bond acceptors (Lipinski definition) is 4. The van der Waals surface area contributed by atoms with Gasteiger partial charge < -0.3 is 9.84 Å². The minimum absolute atomic E-state index is 0.0381. The maximum absolute atomic E-state index is 11.3. The molecule has 0 atom stereocenters. The van der Waals surface area contributed by atoms with Crippen LogP contribution in [0.4, 0.5) is 0 Å². The minimum Gasteiger partial charge on any atom is -0.491 e. The van der Waals surface area contributed by atoms with Crippen molar-refractivity contribution >= 4 is 31.7 Å². The average molecular weight is 351 g/mol. The zero-order chi connectivity index (χ0) is 14.5. The molecule has 1 aromatic rings. The van der Waals surface area contributed by atoms with Crippen molar-refractivity contribution in [2.75, 3.05) is 18.1 Å². The molecule has 0 saturated carbocycles. The lowest BCUT2D eigenvalue weighted by atomic mass is 10.2. The van der Waals surface area contributed by atoms with Crippen LogP contribution < -0.4 is 4.74 Å². The molecular formula is C12H15BrO5S. The van der Waals surface area contributed by atoms with Gasteiger partial charge in [-0.1, -0.05) is 13.0 Å².